The molecule has 14 heavy (non-hydrogen) atoms. The van der Waals surface area contributed by atoms with E-state index in [1.54, 1.807) is 0 Å². The van der Waals surface area contributed by atoms with Gasteiger partial charge in [0.25, 0.3) is 0 Å². The number of aryl methyl sites for hydroxylation is 2. The molecule has 0 saturated carbocycles. The Labute approximate surface area is 88.9 Å². The van der Waals surface area contributed by atoms with Crippen molar-refractivity contribution in [3.05, 3.63) is 40.3 Å². The van der Waals surface area contributed by atoms with Gasteiger partial charge in [0.05, 0.1) is 0 Å². The third kappa shape index (κ3) is 1.38. The van der Waals surface area contributed by atoms with Crippen LogP contribution in [0.15, 0.2) is 24.3 Å². The molecular weight excluding hydrogens is 188 g/mol. The van der Waals surface area contributed by atoms with E-state index in [9.17, 15) is 0 Å². The van der Waals surface area contributed by atoms with E-state index in [2.05, 4.69) is 51.1 Å². The summed E-state index contributed by atoms with van der Waals surface area (Å²) in [4.78, 5) is 1.39. The molecular formula is C13H14S. The van der Waals surface area contributed by atoms with Gasteiger partial charge in [-0.15, -0.1) is 11.3 Å². The Morgan fingerprint density at radius 3 is 2.64 bits per heavy atom. The quantitative estimate of drug-likeness (QED) is 0.636. The zero-order valence-electron chi connectivity index (χ0n) is 8.79. The molecule has 0 nitrogen and oxygen atoms in total. The highest BCUT2D eigenvalue weighted by atomic mass is 32.1. The topological polar surface area (TPSA) is 0 Å². The van der Waals surface area contributed by atoms with Crippen LogP contribution in [0, 0.1) is 13.8 Å². The Morgan fingerprint density at radius 1 is 1.21 bits per heavy atom. The van der Waals surface area contributed by atoms with Crippen molar-refractivity contribution in [2.75, 3.05) is 0 Å². The molecule has 0 radical (unpaired) electrons. The zero-order chi connectivity index (χ0) is 10.1. The van der Waals surface area contributed by atoms with Crippen LogP contribution in [-0.4, -0.2) is 0 Å². The van der Waals surface area contributed by atoms with Crippen molar-refractivity contribution in [1.82, 2.24) is 0 Å². The molecule has 0 amide bonds. The van der Waals surface area contributed by atoms with Crippen molar-refractivity contribution in [2.24, 2.45) is 0 Å². The van der Waals surface area contributed by atoms with E-state index in [0.29, 0.717) is 0 Å². The second kappa shape index (κ2) is 3.58. The van der Waals surface area contributed by atoms with Gasteiger partial charge in [0.2, 0.25) is 0 Å². The van der Waals surface area contributed by atoms with E-state index in [1.807, 2.05) is 11.3 Å². The predicted molar refractivity (Wildman–Crippen MR) is 66.0 cm³/mol. The van der Waals surface area contributed by atoms with Crippen molar-refractivity contribution < 1.29 is 0 Å². The van der Waals surface area contributed by atoms with E-state index in [0.717, 1.165) is 0 Å². The fourth-order valence-corrected chi connectivity index (χ4v) is 3.09. The Bertz CT molecular complexity index is 489. The number of benzene rings is 1. The highest BCUT2D eigenvalue weighted by molar-refractivity contribution is 7.20. The minimum Gasteiger partial charge on any atom is -0.136 e. The van der Waals surface area contributed by atoms with Gasteiger partial charge < -0.3 is 0 Å². The molecule has 0 aliphatic heterocycles. The van der Waals surface area contributed by atoms with Crippen LogP contribution in [0.2, 0.25) is 0 Å². The van der Waals surface area contributed by atoms with Gasteiger partial charge in [0, 0.05) is 9.58 Å². The molecule has 72 valence electrons. The van der Waals surface area contributed by atoms with Crippen molar-refractivity contribution in [3.63, 3.8) is 0 Å². The number of rotatable bonds is 1. The van der Waals surface area contributed by atoms with Crippen LogP contribution >= 0.6 is 11.3 Å². The fourth-order valence-electron chi connectivity index (χ4n) is 1.84. The summed E-state index contributed by atoms with van der Waals surface area (Å²) < 4.78 is 1.40. The van der Waals surface area contributed by atoms with Gasteiger partial charge in [-0.05, 0) is 49.4 Å². The molecule has 1 heterocycles. The van der Waals surface area contributed by atoms with Crippen LogP contribution in [0.3, 0.4) is 0 Å². The molecule has 0 saturated heterocycles. The molecule has 1 aromatic carbocycles. The summed E-state index contributed by atoms with van der Waals surface area (Å²) in [5.41, 5.74) is 2.80. The highest BCUT2D eigenvalue weighted by Crippen LogP contribution is 2.33. The molecule has 1 heteroatoms. The molecule has 2 rings (SSSR count). The van der Waals surface area contributed by atoms with Crippen LogP contribution in [0.4, 0.5) is 0 Å². The van der Waals surface area contributed by atoms with Gasteiger partial charge in [0.15, 0.2) is 0 Å². The zero-order valence-corrected chi connectivity index (χ0v) is 9.61. The SMILES string of the molecule is C/C=C\c1sc2cccc(C)c2c1C. The third-order valence-corrected chi connectivity index (χ3v) is 3.74. The van der Waals surface area contributed by atoms with E-state index in [1.165, 1.54) is 26.1 Å². The van der Waals surface area contributed by atoms with Gasteiger partial charge in [-0.25, -0.2) is 0 Å². The smallest absolute Gasteiger partial charge is 0.0354 e. The van der Waals surface area contributed by atoms with Crippen molar-refractivity contribution >= 4 is 27.5 Å². The number of hydrogen-bond donors (Lipinski definition) is 0. The second-order valence-electron chi connectivity index (χ2n) is 3.54. The summed E-state index contributed by atoms with van der Waals surface area (Å²) in [6.07, 6.45) is 4.30. The largest absolute Gasteiger partial charge is 0.136 e. The molecule has 2 aromatic rings. The lowest BCUT2D eigenvalue weighted by Gasteiger charge is -1.96. The van der Waals surface area contributed by atoms with Gasteiger partial charge in [-0.2, -0.15) is 0 Å². The molecule has 0 unspecified atom stereocenters. The molecule has 0 spiro atoms. The van der Waals surface area contributed by atoms with Gasteiger partial charge in [0.1, 0.15) is 0 Å². The van der Waals surface area contributed by atoms with Crippen molar-refractivity contribution in [1.29, 1.82) is 0 Å². The Hall–Kier alpha value is -1.08. The lowest BCUT2D eigenvalue weighted by Crippen LogP contribution is -1.76. The molecule has 0 aliphatic carbocycles. The van der Waals surface area contributed by atoms with Gasteiger partial charge >= 0.3 is 0 Å². The van der Waals surface area contributed by atoms with Crippen molar-refractivity contribution in [2.45, 2.75) is 20.8 Å². The van der Waals surface area contributed by atoms with Crippen LogP contribution < -0.4 is 0 Å². The number of fused-ring (bicyclic) bond motifs is 1. The van der Waals surface area contributed by atoms with E-state index in [4.69, 9.17) is 0 Å². The predicted octanol–water partition coefficient (Wildman–Crippen LogP) is 4.55. The summed E-state index contributed by atoms with van der Waals surface area (Å²) in [7, 11) is 0. The Balaban J connectivity index is 2.80. The lowest BCUT2D eigenvalue weighted by molar-refractivity contribution is 1.49. The molecule has 0 atom stereocenters. The highest BCUT2D eigenvalue weighted by Gasteiger charge is 2.07. The Kier molecular flexibility index (Phi) is 2.42. The summed E-state index contributed by atoms with van der Waals surface area (Å²) in [6.45, 7) is 6.46. The van der Waals surface area contributed by atoms with Crippen LogP contribution in [0.25, 0.3) is 16.2 Å². The number of allylic oxidation sites excluding steroid dienone is 1. The summed E-state index contributed by atoms with van der Waals surface area (Å²) >= 11 is 1.88. The van der Waals surface area contributed by atoms with E-state index < -0.39 is 0 Å². The molecule has 0 bridgehead atoms. The van der Waals surface area contributed by atoms with Gasteiger partial charge in [-0.3, -0.25) is 0 Å². The van der Waals surface area contributed by atoms with E-state index in [-0.39, 0.29) is 0 Å². The third-order valence-electron chi connectivity index (χ3n) is 2.52. The minimum absolute atomic E-state index is 1.38. The first-order valence-corrected chi connectivity index (χ1v) is 5.67. The van der Waals surface area contributed by atoms with Crippen LogP contribution in [0.1, 0.15) is 22.9 Å². The number of hydrogen-bond acceptors (Lipinski definition) is 1. The molecule has 0 N–H and O–H groups in total. The number of thiophene rings is 1. The monoisotopic (exact) mass is 202 g/mol. The second-order valence-corrected chi connectivity index (χ2v) is 4.62. The fraction of sp³-hybridized carbons (Fsp3) is 0.231. The van der Waals surface area contributed by atoms with Crippen LogP contribution in [0.5, 0.6) is 0 Å². The van der Waals surface area contributed by atoms with E-state index >= 15 is 0 Å². The molecule has 0 aliphatic rings. The maximum absolute atomic E-state index is 2.21. The maximum Gasteiger partial charge on any atom is 0.0354 e. The first kappa shape index (κ1) is 9.47. The van der Waals surface area contributed by atoms with Crippen LogP contribution in [-0.2, 0) is 0 Å². The first-order valence-electron chi connectivity index (χ1n) is 4.85. The molecule has 1 aromatic heterocycles. The first-order chi connectivity index (χ1) is 6.74. The maximum atomic E-state index is 2.21. The van der Waals surface area contributed by atoms with Gasteiger partial charge in [-0.1, -0.05) is 18.2 Å². The summed E-state index contributed by atoms with van der Waals surface area (Å²) in [6, 6.07) is 6.52. The standard InChI is InChI=1S/C13H14S/c1-4-6-11-10(3)13-9(2)7-5-8-12(13)14-11/h4-8H,1-3H3/b6-4-. The molecule has 0 fully saturated rings. The Morgan fingerprint density at radius 2 is 2.00 bits per heavy atom. The normalized spacial score (nSPS) is 11.6. The average Bonchev–Trinajstić information content (AvgIpc) is 2.46. The minimum atomic E-state index is 1.38. The summed E-state index contributed by atoms with van der Waals surface area (Å²) in [5.74, 6) is 0. The van der Waals surface area contributed by atoms with Crippen molar-refractivity contribution in [3.8, 4) is 0 Å². The summed E-state index contributed by atoms with van der Waals surface area (Å²) in [5, 5.41) is 1.44. The lowest BCUT2D eigenvalue weighted by atomic mass is 10.1. The average molecular weight is 202 g/mol.